The monoisotopic (exact) mass is 316 g/mol. The number of aliphatic hydroxyl groups excluding tert-OH is 1. The number of ether oxygens (including phenoxy) is 1. The van der Waals surface area contributed by atoms with Gasteiger partial charge < -0.3 is 20.1 Å². The van der Waals surface area contributed by atoms with Crippen LogP contribution < -0.4 is 5.32 Å². The topological polar surface area (TPSA) is 91.4 Å². The van der Waals surface area contributed by atoms with Gasteiger partial charge in [0.05, 0.1) is 13.2 Å². The van der Waals surface area contributed by atoms with Crippen molar-refractivity contribution in [3.05, 3.63) is 59.4 Å². The molecular formula is C17H20N2O4. The normalized spacial score (nSPS) is 13.2. The molecule has 1 aromatic heterocycles. The van der Waals surface area contributed by atoms with Gasteiger partial charge in [-0.25, -0.2) is 4.79 Å². The van der Waals surface area contributed by atoms with E-state index >= 15 is 0 Å². The Morgan fingerprint density at radius 2 is 1.91 bits per heavy atom. The van der Waals surface area contributed by atoms with Crippen LogP contribution in [0, 0.1) is 0 Å². The molecule has 1 unspecified atom stereocenters. The fourth-order valence-electron chi connectivity index (χ4n) is 2.21. The molecule has 0 aliphatic carbocycles. The minimum absolute atomic E-state index is 0.280. The highest BCUT2D eigenvalue weighted by molar-refractivity contribution is 5.95. The maximum Gasteiger partial charge on any atom is 0.328 e. The Morgan fingerprint density at radius 3 is 2.48 bits per heavy atom. The molecule has 1 heterocycles. The van der Waals surface area contributed by atoms with Gasteiger partial charge in [-0.05, 0) is 24.6 Å². The molecule has 3 N–H and O–H groups in total. The average Bonchev–Trinajstić information content (AvgIpc) is 3.05. The van der Waals surface area contributed by atoms with Crippen molar-refractivity contribution in [1.29, 1.82) is 0 Å². The van der Waals surface area contributed by atoms with Crippen LogP contribution in [-0.4, -0.2) is 35.1 Å². The lowest BCUT2D eigenvalue weighted by Gasteiger charge is -2.16. The minimum Gasteiger partial charge on any atom is -0.467 e. The number of aliphatic hydroxyl groups is 1. The summed E-state index contributed by atoms with van der Waals surface area (Å²) in [5.41, 5.74) is 1.73. The van der Waals surface area contributed by atoms with E-state index in [2.05, 4.69) is 10.3 Å². The number of esters is 1. The lowest BCUT2D eigenvalue weighted by atomic mass is 10.1. The van der Waals surface area contributed by atoms with Gasteiger partial charge in [-0.15, -0.1) is 0 Å². The molecule has 0 aliphatic heterocycles. The Balaban J connectivity index is 2.10. The Bertz CT molecular complexity index is 664. The number of aromatic amines is 1. The molecule has 0 radical (unpaired) electrons. The van der Waals surface area contributed by atoms with Crippen molar-refractivity contribution in [3.63, 3.8) is 0 Å². The molecule has 2 rings (SSSR count). The molecule has 0 saturated heterocycles. The maximum atomic E-state index is 12.3. The highest BCUT2D eigenvalue weighted by Crippen LogP contribution is 2.12. The van der Waals surface area contributed by atoms with Crippen molar-refractivity contribution < 1.29 is 19.4 Å². The van der Waals surface area contributed by atoms with Crippen molar-refractivity contribution in [2.24, 2.45) is 0 Å². The summed E-state index contributed by atoms with van der Waals surface area (Å²) in [6.07, 6.45) is -0.360. The number of hydrogen-bond acceptors (Lipinski definition) is 4. The Kier molecular flexibility index (Phi) is 5.54. The summed E-state index contributed by atoms with van der Waals surface area (Å²) < 4.78 is 4.76. The molecule has 0 aliphatic rings. The molecule has 6 heteroatoms. The zero-order valence-corrected chi connectivity index (χ0v) is 13.1. The van der Waals surface area contributed by atoms with Crippen molar-refractivity contribution in [3.8, 4) is 0 Å². The van der Waals surface area contributed by atoms with Crippen LogP contribution in [0.5, 0.6) is 0 Å². The minimum atomic E-state index is -0.784. The Labute approximate surface area is 134 Å². The highest BCUT2D eigenvalue weighted by atomic mass is 16.5. The van der Waals surface area contributed by atoms with Gasteiger partial charge >= 0.3 is 5.97 Å². The molecule has 23 heavy (non-hydrogen) atoms. The number of carbonyl (C=O) groups excluding carboxylic acids is 2. The number of H-pyrrole nitrogens is 1. The Hall–Kier alpha value is -2.60. The van der Waals surface area contributed by atoms with E-state index in [0.29, 0.717) is 12.1 Å². The van der Waals surface area contributed by atoms with Crippen molar-refractivity contribution in [1.82, 2.24) is 10.3 Å². The smallest absolute Gasteiger partial charge is 0.328 e. The third-order valence-electron chi connectivity index (χ3n) is 3.48. The van der Waals surface area contributed by atoms with E-state index in [4.69, 9.17) is 4.74 Å². The lowest BCUT2D eigenvalue weighted by Crippen LogP contribution is -2.43. The molecule has 1 aromatic carbocycles. The van der Waals surface area contributed by atoms with E-state index < -0.39 is 24.0 Å². The number of rotatable bonds is 6. The molecule has 122 valence electrons. The first-order valence-corrected chi connectivity index (χ1v) is 7.31. The van der Waals surface area contributed by atoms with Crippen molar-refractivity contribution in [2.75, 3.05) is 7.11 Å². The quantitative estimate of drug-likeness (QED) is 0.706. The first-order chi connectivity index (χ1) is 11.0. The largest absolute Gasteiger partial charge is 0.467 e. The predicted octanol–water partition coefficient (Wildman–Crippen LogP) is 1.58. The SMILES string of the molecule is COC(=O)[C@H](Cc1ccccc1)NC(=O)c1ccc(C(C)O)[nH]1. The zero-order chi connectivity index (χ0) is 16.8. The van der Waals surface area contributed by atoms with E-state index in [1.165, 1.54) is 7.11 Å². The summed E-state index contributed by atoms with van der Waals surface area (Å²) in [4.78, 5) is 27.0. The fourth-order valence-corrected chi connectivity index (χ4v) is 2.21. The van der Waals surface area contributed by atoms with Gasteiger partial charge in [0.2, 0.25) is 0 Å². The third-order valence-corrected chi connectivity index (χ3v) is 3.48. The third kappa shape index (κ3) is 4.43. The lowest BCUT2D eigenvalue weighted by molar-refractivity contribution is -0.142. The highest BCUT2D eigenvalue weighted by Gasteiger charge is 2.23. The van der Waals surface area contributed by atoms with Crippen LogP contribution in [0.3, 0.4) is 0 Å². The zero-order valence-electron chi connectivity index (χ0n) is 13.1. The summed E-state index contributed by atoms with van der Waals surface area (Å²) >= 11 is 0. The molecule has 1 amide bonds. The maximum absolute atomic E-state index is 12.3. The van der Waals surface area contributed by atoms with Gasteiger partial charge in [-0.3, -0.25) is 4.79 Å². The van der Waals surface area contributed by atoms with E-state index in [-0.39, 0.29) is 5.69 Å². The predicted molar refractivity (Wildman–Crippen MR) is 84.8 cm³/mol. The molecule has 0 spiro atoms. The number of aromatic nitrogens is 1. The summed E-state index contributed by atoms with van der Waals surface area (Å²) in [6, 6.07) is 11.8. The van der Waals surface area contributed by atoms with Gasteiger partial charge in [0.1, 0.15) is 11.7 Å². The van der Waals surface area contributed by atoms with Crippen molar-refractivity contribution >= 4 is 11.9 Å². The van der Waals surface area contributed by atoms with Crippen LogP contribution in [0.4, 0.5) is 0 Å². The number of amides is 1. The molecule has 0 saturated carbocycles. The first-order valence-electron chi connectivity index (χ1n) is 7.31. The van der Waals surface area contributed by atoms with E-state index in [9.17, 15) is 14.7 Å². The molecule has 0 fully saturated rings. The van der Waals surface area contributed by atoms with E-state index in [1.54, 1.807) is 19.1 Å². The number of carbonyl (C=O) groups is 2. The molecule has 0 bridgehead atoms. The van der Waals surface area contributed by atoms with Gasteiger partial charge in [0.25, 0.3) is 5.91 Å². The van der Waals surface area contributed by atoms with Gasteiger partial charge in [-0.1, -0.05) is 30.3 Å². The van der Waals surface area contributed by atoms with Crippen LogP contribution >= 0.6 is 0 Å². The standard InChI is InChI=1S/C17H20N2O4/c1-11(20)13-8-9-14(18-13)16(21)19-15(17(22)23-2)10-12-6-4-3-5-7-12/h3-9,11,15,18,20H,10H2,1-2H3,(H,19,21)/t11?,15-/m0/s1. The average molecular weight is 316 g/mol. The van der Waals surface area contributed by atoms with Crippen LogP contribution in [0.2, 0.25) is 0 Å². The summed E-state index contributed by atoms with van der Waals surface area (Å²) in [7, 11) is 1.28. The summed E-state index contributed by atoms with van der Waals surface area (Å²) in [6.45, 7) is 1.60. The summed E-state index contributed by atoms with van der Waals surface area (Å²) in [5.74, 6) is -0.937. The molecule has 2 atom stereocenters. The molecule has 6 nitrogen and oxygen atoms in total. The van der Waals surface area contributed by atoms with E-state index in [0.717, 1.165) is 5.56 Å². The molecular weight excluding hydrogens is 296 g/mol. The van der Waals surface area contributed by atoms with Crippen LogP contribution in [0.25, 0.3) is 0 Å². The fraction of sp³-hybridized carbons (Fsp3) is 0.294. The molecule has 2 aromatic rings. The summed E-state index contributed by atoms with van der Waals surface area (Å²) in [5, 5.41) is 12.1. The van der Waals surface area contributed by atoms with Gasteiger partial charge in [0, 0.05) is 12.1 Å². The van der Waals surface area contributed by atoms with Crippen molar-refractivity contribution in [2.45, 2.75) is 25.5 Å². The number of nitrogens with one attached hydrogen (secondary N) is 2. The second-order valence-electron chi connectivity index (χ2n) is 5.24. The van der Waals surface area contributed by atoms with Gasteiger partial charge in [0.15, 0.2) is 0 Å². The first kappa shape index (κ1) is 16.8. The Morgan fingerprint density at radius 1 is 1.22 bits per heavy atom. The second-order valence-corrected chi connectivity index (χ2v) is 5.24. The van der Waals surface area contributed by atoms with Crippen LogP contribution in [0.15, 0.2) is 42.5 Å². The van der Waals surface area contributed by atoms with Gasteiger partial charge in [-0.2, -0.15) is 0 Å². The van der Waals surface area contributed by atoms with Crippen LogP contribution in [-0.2, 0) is 16.0 Å². The number of methoxy groups -OCH3 is 1. The van der Waals surface area contributed by atoms with Crippen LogP contribution in [0.1, 0.15) is 34.8 Å². The number of benzene rings is 1. The number of hydrogen-bond donors (Lipinski definition) is 3. The second kappa shape index (κ2) is 7.60. The van der Waals surface area contributed by atoms with E-state index in [1.807, 2.05) is 30.3 Å².